The number of rotatable bonds is 4. The van der Waals surface area contributed by atoms with Gasteiger partial charge in [0.1, 0.15) is 0 Å². The highest BCUT2D eigenvalue weighted by Crippen LogP contribution is 2.38. The van der Waals surface area contributed by atoms with Gasteiger partial charge in [0.2, 0.25) is 0 Å². The summed E-state index contributed by atoms with van der Waals surface area (Å²) in [5.41, 5.74) is 7.09. The molecule has 0 aliphatic carbocycles. The number of nitrogens with one attached hydrogen (secondary N) is 1. The zero-order valence-corrected chi connectivity index (χ0v) is 15.4. The molecule has 1 fully saturated rings. The number of piperazine rings is 1. The van der Waals surface area contributed by atoms with Crippen molar-refractivity contribution < 1.29 is 13.2 Å². The minimum absolute atomic E-state index is 0.132. The zero-order chi connectivity index (χ0) is 18.1. The quantitative estimate of drug-likeness (QED) is 0.865. The first-order valence-corrected chi connectivity index (χ1v) is 8.72. The zero-order valence-electron chi connectivity index (χ0n) is 15.4. The van der Waals surface area contributed by atoms with E-state index in [2.05, 4.69) is 44.8 Å². The van der Waals surface area contributed by atoms with Gasteiger partial charge in [-0.05, 0) is 74.4 Å². The Labute approximate surface area is 143 Å². The SMILES string of the molecule is Cc1c(C)c(C)c([C@@H](CCC(F)(F)F)N2CCNCC2)c(C)c1C. The summed E-state index contributed by atoms with van der Waals surface area (Å²) < 4.78 is 38.7. The van der Waals surface area contributed by atoms with Crippen molar-refractivity contribution in [1.29, 1.82) is 0 Å². The van der Waals surface area contributed by atoms with Crippen LogP contribution in [0.1, 0.15) is 52.3 Å². The normalized spacial score (nSPS) is 18.0. The Kier molecular flexibility index (Phi) is 5.97. The van der Waals surface area contributed by atoms with Crippen LogP contribution in [0.2, 0.25) is 0 Å². The van der Waals surface area contributed by atoms with E-state index in [-0.39, 0.29) is 12.5 Å². The van der Waals surface area contributed by atoms with Crippen molar-refractivity contribution in [2.75, 3.05) is 26.2 Å². The van der Waals surface area contributed by atoms with Crippen molar-refractivity contribution >= 4 is 0 Å². The summed E-state index contributed by atoms with van der Waals surface area (Å²) in [6.45, 7) is 13.7. The van der Waals surface area contributed by atoms with Crippen molar-refractivity contribution in [1.82, 2.24) is 10.2 Å². The highest BCUT2D eigenvalue weighted by Gasteiger charge is 2.33. The molecular formula is C19H29F3N2. The molecule has 0 saturated carbocycles. The van der Waals surface area contributed by atoms with Gasteiger partial charge in [-0.3, -0.25) is 4.90 Å². The number of hydrogen-bond acceptors (Lipinski definition) is 2. The first kappa shape index (κ1) is 19.3. The van der Waals surface area contributed by atoms with Gasteiger partial charge in [-0.15, -0.1) is 0 Å². The lowest BCUT2D eigenvalue weighted by Crippen LogP contribution is -2.45. The average Bonchev–Trinajstić information content (AvgIpc) is 2.54. The van der Waals surface area contributed by atoms with Gasteiger partial charge in [0, 0.05) is 38.6 Å². The Bertz CT molecular complexity index is 558. The van der Waals surface area contributed by atoms with Crippen LogP contribution >= 0.6 is 0 Å². The number of halogens is 3. The van der Waals surface area contributed by atoms with Gasteiger partial charge >= 0.3 is 6.18 Å². The van der Waals surface area contributed by atoms with Crippen LogP contribution in [0.4, 0.5) is 13.2 Å². The molecule has 0 radical (unpaired) electrons. The first-order valence-electron chi connectivity index (χ1n) is 8.72. The lowest BCUT2D eigenvalue weighted by molar-refractivity contribution is -0.138. The molecule has 1 aliphatic heterocycles. The molecule has 24 heavy (non-hydrogen) atoms. The van der Waals surface area contributed by atoms with E-state index in [1.807, 2.05) is 0 Å². The van der Waals surface area contributed by atoms with Gasteiger partial charge in [0.05, 0.1) is 0 Å². The molecule has 0 spiro atoms. The van der Waals surface area contributed by atoms with Crippen LogP contribution in [-0.2, 0) is 0 Å². The molecule has 1 atom stereocenters. The maximum Gasteiger partial charge on any atom is 0.389 e. The molecule has 0 bridgehead atoms. The van der Waals surface area contributed by atoms with Gasteiger partial charge in [-0.1, -0.05) is 0 Å². The lowest BCUT2D eigenvalue weighted by atomic mass is 9.84. The lowest BCUT2D eigenvalue weighted by Gasteiger charge is -2.38. The number of hydrogen-bond donors (Lipinski definition) is 1. The second-order valence-electron chi connectivity index (χ2n) is 6.99. The van der Waals surface area contributed by atoms with Crippen LogP contribution in [0.5, 0.6) is 0 Å². The van der Waals surface area contributed by atoms with Crippen molar-refractivity contribution in [2.45, 2.75) is 59.7 Å². The van der Waals surface area contributed by atoms with Gasteiger partial charge in [-0.25, -0.2) is 0 Å². The van der Waals surface area contributed by atoms with Crippen molar-refractivity contribution in [3.05, 3.63) is 33.4 Å². The molecule has 1 heterocycles. The Morgan fingerprint density at radius 1 is 0.875 bits per heavy atom. The average molecular weight is 342 g/mol. The summed E-state index contributed by atoms with van der Waals surface area (Å²) in [4.78, 5) is 2.23. The Hall–Kier alpha value is -1.07. The molecule has 0 unspecified atom stereocenters. The van der Waals surface area contributed by atoms with Crippen LogP contribution in [0.3, 0.4) is 0 Å². The topological polar surface area (TPSA) is 15.3 Å². The van der Waals surface area contributed by atoms with Crippen LogP contribution in [0.25, 0.3) is 0 Å². The molecule has 2 nitrogen and oxygen atoms in total. The Balaban J connectivity index is 2.46. The fourth-order valence-electron chi connectivity index (χ4n) is 3.83. The highest BCUT2D eigenvalue weighted by molar-refractivity contribution is 5.50. The maximum absolute atomic E-state index is 12.9. The fraction of sp³-hybridized carbons (Fsp3) is 0.684. The summed E-state index contributed by atoms with van der Waals surface area (Å²) in [5, 5.41) is 3.29. The standard InChI is InChI=1S/C19H29F3N2/c1-12-13(2)15(4)18(16(5)14(12)3)17(6-7-19(20,21)22)24-10-8-23-9-11-24/h17,23H,6-11H2,1-5H3/t17-/m1/s1. The second kappa shape index (κ2) is 7.44. The summed E-state index contributed by atoms with van der Waals surface area (Å²) >= 11 is 0. The van der Waals surface area contributed by atoms with Crippen molar-refractivity contribution in [3.63, 3.8) is 0 Å². The molecule has 5 heteroatoms. The minimum Gasteiger partial charge on any atom is -0.314 e. The maximum atomic E-state index is 12.9. The Morgan fingerprint density at radius 3 is 1.79 bits per heavy atom. The van der Waals surface area contributed by atoms with E-state index in [9.17, 15) is 13.2 Å². The van der Waals surface area contributed by atoms with Gasteiger partial charge < -0.3 is 5.32 Å². The fourth-order valence-corrected chi connectivity index (χ4v) is 3.83. The summed E-state index contributed by atoms with van der Waals surface area (Å²) in [7, 11) is 0. The molecule has 1 aliphatic rings. The summed E-state index contributed by atoms with van der Waals surface area (Å²) in [5.74, 6) is 0. The van der Waals surface area contributed by atoms with E-state index < -0.39 is 12.6 Å². The number of benzene rings is 1. The van der Waals surface area contributed by atoms with Crippen LogP contribution in [-0.4, -0.2) is 37.3 Å². The highest BCUT2D eigenvalue weighted by atomic mass is 19.4. The first-order chi connectivity index (χ1) is 11.1. The van der Waals surface area contributed by atoms with Crippen LogP contribution in [0, 0.1) is 34.6 Å². The smallest absolute Gasteiger partial charge is 0.314 e. The van der Waals surface area contributed by atoms with Crippen molar-refractivity contribution in [3.8, 4) is 0 Å². The van der Waals surface area contributed by atoms with Gasteiger partial charge in [0.15, 0.2) is 0 Å². The van der Waals surface area contributed by atoms with E-state index in [4.69, 9.17) is 0 Å². The third-order valence-electron chi connectivity index (χ3n) is 5.68. The summed E-state index contributed by atoms with van der Waals surface area (Å²) in [6.07, 6.45) is -4.71. The van der Waals surface area contributed by atoms with Crippen LogP contribution in [0.15, 0.2) is 0 Å². The Morgan fingerprint density at radius 2 is 1.33 bits per heavy atom. The van der Waals surface area contributed by atoms with E-state index in [1.54, 1.807) is 0 Å². The molecule has 0 amide bonds. The van der Waals surface area contributed by atoms with E-state index in [0.29, 0.717) is 0 Å². The monoisotopic (exact) mass is 342 g/mol. The minimum atomic E-state index is -4.11. The van der Waals surface area contributed by atoms with Crippen LogP contribution < -0.4 is 5.32 Å². The van der Waals surface area contributed by atoms with Crippen molar-refractivity contribution in [2.24, 2.45) is 0 Å². The van der Waals surface area contributed by atoms with Gasteiger partial charge in [-0.2, -0.15) is 13.2 Å². The molecule has 0 aromatic heterocycles. The van der Waals surface area contributed by atoms with E-state index in [0.717, 1.165) is 42.9 Å². The second-order valence-corrected chi connectivity index (χ2v) is 6.99. The van der Waals surface area contributed by atoms with E-state index >= 15 is 0 Å². The third kappa shape index (κ3) is 4.12. The number of nitrogens with zero attached hydrogens (tertiary/aromatic N) is 1. The van der Waals surface area contributed by atoms with E-state index in [1.165, 1.54) is 16.7 Å². The molecule has 1 N–H and O–H groups in total. The molecule has 1 saturated heterocycles. The predicted molar refractivity (Wildman–Crippen MR) is 92.6 cm³/mol. The summed E-state index contributed by atoms with van der Waals surface area (Å²) in [6, 6.07) is -0.160. The molecular weight excluding hydrogens is 313 g/mol. The van der Waals surface area contributed by atoms with Gasteiger partial charge in [0.25, 0.3) is 0 Å². The number of alkyl halides is 3. The largest absolute Gasteiger partial charge is 0.389 e. The molecule has 2 rings (SSSR count). The molecule has 136 valence electrons. The molecule has 1 aromatic rings. The predicted octanol–water partition coefficient (Wildman–Crippen LogP) is 4.52. The third-order valence-corrected chi connectivity index (χ3v) is 5.68. The molecule has 1 aromatic carbocycles.